The zero-order chi connectivity index (χ0) is 25.2. The van der Waals surface area contributed by atoms with E-state index in [1.54, 1.807) is 30.0 Å². The number of hydrogen-bond acceptors (Lipinski definition) is 8. The normalized spacial score (nSPS) is 22.1. The van der Waals surface area contributed by atoms with Crippen molar-refractivity contribution >= 4 is 60.2 Å². The predicted molar refractivity (Wildman–Crippen MR) is 157 cm³/mol. The Labute approximate surface area is 230 Å². The number of methoxy groups -OCH3 is 1. The van der Waals surface area contributed by atoms with Gasteiger partial charge in [0.05, 0.1) is 29.2 Å². The fraction of sp³-hybridized carbons (Fsp3) is 0.464. The minimum atomic E-state index is -1.16. The van der Waals surface area contributed by atoms with Crippen molar-refractivity contribution < 1.29 is 9.29 Å². The van der Waals surface area contributed by atoms with E-state index in [1.807, 2.05) is 24.3 Å². The standard InChI is InChI=1S/C28H34N4O2S3/c1-34-23-10-11-25-21(18-23)19-27(35-25)37(33)30-22-8-6-20(7-9-22)12-13-31-14-16-32(17-15-31)28-24-4-2-3-5-26(24)36-29-28/h2-5,10-11,18-20,22,30H,6-9,12-17H2,1H3. The first kappa shape index (κ1) is 25.4. The fourth-order valence-electron chi connectivity index (χ4n) is 5.64. The van der Waals surface area contributed by atoms with Gasteiger partial charge in [-0.05, 0) is 86.4 Å². The second kappa shape index (κ2) is 11.5. The molecule has 4 aromatic rings. The molecule has 6 rings (SSSR count). The Morgan fingerprint density at radius 2 is 1.84 bits per heavy atom. The summed E-state index contributed by atoms with van der Waals surface area (Å²) in [5, 5.41) is 2.39. The number of fused-ring (bicyclic) bond motifs is 2. The van der Waals surface area contributed by atoms with Gasteiger partial charge in [-0.15, -0.1) is 4.72 Å². The molecular formula is C28H34N4O2S3. The molecule has 1 unspecified atom stereocenters. The lowest BCUT2D eigenvalue weighted by Gasteiger charge is -2.36. The Kier molecular flexibility index (Phi) is 7.88. The van der Waals surface area contributed by atoms with Crippen LogP contribution in [-0.2, 0) is 11.4 Å². The largest absolute Gasteiger partial charge is 0.592 e. The molecule has 1 aliphatic heterocycles. The van der Waals surface area contributed by atoms with Crippen molar-refractivity contribution in [2.75, 3.05) is 44.7 Å². The van der Waals surface area contributed by atoms with E-state index in [-0.39, 0.29) is 0 Å². The third-order valence-corrected chi connectivity index (χ3v) is 11.4. The van der Waals surface area contributed by atoms with Crippen molar-refractivity contribution in [1.29, 1.82) is 0 Å². The molecule has 2 aliphatic rings. The predicted octanol–water partition coefficient (Wildman–Crippen LogP) is 5.90. The highest BCUT2D eigenvalue weighted by atomic mass is 32.2. The van der Waals surface area contributed by atoms with Crippen molar-refractivity contribution in [2.24, 2.45) is 5.92 Å². The fourth-order valence-corrected chi connectivity index (χ4v) is 8.82. The van der Waals surface area contributed by atoms with Crippen LogP contribution >= 0.6 is 22.9 Å². The first-order valence-electron chi connectivity index (χ1n) is 13.2. The van der Waals surface area contributed by atoms with E-state index in [9.17, 15) is 4.55 Å². The average molecular weight is 555 g/mol. The van der Waals surface area contributed by atoms with Gasteiger partial charge in [0.1, 0.15) is 11.6 Å². The molecular weight excluding hydrogens is 521 g/mol. The number of rotatable bonds is 8. The summed E-state index contributed by atoms with van der Waals surface area (Å²) in [6.07, 6.45) is 5.94. The SMILES string of the molecule is COc1ccc2sc([S+]([O-])NC3CCC(CCN4CCN(c5nsc6ccccc56)CC4)CC3)cc2c1. The lowest BCUT2D eigenvalue weighted by atomic mass is 9.84. The van der Waals surface area contributed by atoms with Crippen molar-refractivity contribution in [3.63, 3.8) is 0 Å². The highest BCUT2D eigenvalue weighted by Gasteiger charge is 2.27. The number of piperazine rings is 1. The van der Waals surface area contributed by atoms with E-state index >= 15 is 0 Å². The van der Waals surface area contributed by atoms with Gasteiger partial charge < -0.3 is 14.2 Å². The lowest BCUT2D eigenvalue weighted by Crippen LogP contribution is -2.47. The van der Waals surface area contributed by atoms with Gasteiger partial charge >= 0.3 is 0 Å². The van der Waals surface area contributed by atoms with Crippen LogP contribution in [0.3, 0.4) is 0 Å². The van der Waals surface area contributed by atoms with Crippen LogP contribution in [0.1, 0.15) is 32.1 Å². The minimum Gasteiger partial charge on any atom is -0.592 e. The van der Waals surface area contributed by atoms with E-state index in [1.165, 1.54) is 41.7 Å². The van der Waals surface area contributed by atoms with E-state index in [0.717, 1.165) is 65.0 Å². The molecule has 2 fully saturated rings. The van der Waals surface area contributed by atoms with Gasteiger partial charge in [0.15, 0.2) is 0 Å². The third-order valence-electron chi connectivity index (χ3n) is 7.89. The Hall–Kier alpha value is -1.88. The number of anilines is 1. The lowest BCUT2D eigenvalue weighted by molar-refractivity contribution is 0.214. The van der Waals surface area contributed by atoms with Crippen molar-refractivity contribution in [3.8, 4) is 5.75 Å². The van der Waals surface area contributed by atoms with E-state index in [4.69, 9.17) is 9.11 Å². The molecule has 0 amide bonds. The Morgan fingerprint density at radius 3 is 2.65 bits per heavy atom. The van der Waals surface area contributed by atoms with Crippen LogP contribution in [0.4, 0.5) is 5.82 Å². The molecule has 1 atom stereocenters. The van der Waals surface area contributed by atoms with E-state index < -0.39 is 11.4 Å². The Bertz CT molecular complexity index is 1330. The number of aromatic nitrogens is 1. The summed E-state index contributed by atoms with van der Waals surface area (Å²) in [5.74, 6) is 2.78. The number of ether oxygens (including phenoxy) is 1. The zero-order valence-corrected chi connectivity index (χ0v) is 23.7. The van der Waals surface area contributed by atoms with Gasteiger partial charge in [-0.2, -0.15) is 4.37 Å². The van der Waals surface area contributed by atoms with E-state index in [2.05, 4.69) is 38.8 Å². The average Bonchev–Trinajstić information content (AvgIpc) is 3.57. The van der Waals surface area contributed by atoms with Gasteiger partial charge in [0.25, 0.3) is 0 Å². The second-order valence-corrected chi connectivity index (χ2v) is 13.6. The topological polar surface area (TPSA) is 63.7 Å². The monoisotopic (exact) mass is 554 g/mol. The summed E-state index contributed by atoms with van der Waals surface area (Å²) in [6, 6.07) is 17.0. The molecule has 9 heteroatoms. The maximum absolute atomic E-state index is 13.0. The molecule has 3 heterocycles. The quantitative estimate of drug-likeness (QED) is 0.274. The number of benzene rings is 2. The van der Waals surface area contributed by atoms with Gasteiger partial charge in [-0.25, -0.2) is 0 Å². The molecule has 1 aliphatic carbocycles. The van der Waals surface area contributed by atoms with Crippen molar-refractivity contribution in [2.45, 2.75) is 42.4 Å². The highest BCUT2D eigenvalue weighted by molar-refractivity contribution is 7.91. The van der Waals surface area contributed by atoms with Crippen LogP contribution in [0.25, 0.3) is 20.2 Å². The van der Waals surface area contributed by atoms with Crippen LogP contribution in [0.2, 0.25) is 0 Å². The first-order valence-corrected chi connectivity index (χ1v) is 16.0. The zero-order valence-electron chi connectivity index (χ0n) is 21.2. The minimum absolute atomic E-state index is 0.341. The van der Waals surface area contributed by atoms with E-state index in [0.29, 0.717) is 6.04 Å². The maximum atomic E-state index is 13.0. The molecule has 1 saturated heterocycles. The highest BCUT2D eigenvalue weighted by Crippen LogP contribution is 2.34. The van der Waals surface area contributed by atoms with Crippen LogP contribution in [0, 0.1) is 5.92 Å². The number of hydrogen-bond donors (Lipinski definition) is 1. The molecule has 6 nitrogen and oxygen atoms in total. The summed E-state index contributed by atoms with van der Waals surface area (Å²) in [4.78, 5) is 5.08. The molecule has 1 N–H and O–H groups in total. The number of nitrogens with zero attached hydrogens (tertiary/aromatic N) is 3. The maximum Gasteiger partial charge on any atom is 0.228 e. The van der Waals surface area contributed by atoms with Gasteiger partial charge in [0, 0.05) is 47.7 Å². The number of thiophene rings is 1. The second-order valence-electron chi connectivity index (χ2n) is 10.2. The van der Waals surface area contributed by atoms with Gasteiger partial charge in [0.2, 0.25) is 4.21 Å². The summed E-state index contributed by atoms with van der Waals surface area (Å²) < 4.78 is 29.8. The van der Waals surface area contributed by atoms with Gasteiger partial charge in [-0.3, -0.25) is 4.90 Å². The molecule has 196 valence electrons. The third kappa shape index (κ3) is 5.77. The molecule has 0 bridgehead atoms. The molecule has 1 saturated carbocycles. The van der Waals surface area contributed by atoms with Crippen LogP contribution in [0.5, 0.6) is 5.75 Å². The smallest absolute Gasteiger partial charge is 0.228 e. The Morgan fingerprint density at radius 1 is 1.03 bits per heavy atom. The van der Waals surface area contributed by atoms with Crippen LogP contribution < -0.4 is 14.4 Å². The summed E-state index contributed by atoms with van der Waals surface area (Å²) >= 11 is 2.06. The van der Waals surface area contributed by atoms with Crippen molar-refractivity contribution in [1.82, 2.24) is 14.0 Å². The van der Waals surface area contributed by atoms with Crippen molar-refractivity contribution in [3.05, 3.63) is 48.5 Å². The van der Waals surface area contributed by atoms with Gasteiger partial charge in [-0.1, -0.05) is 23.5 Å². The first-order chi connectivity index (χ1) is 18.2. The molecule has 2 aromatic carbocycles. The summed E-state index contributed by atoms with van der Waals surface area (Å²) in [5.41, 5.74) is 0. The van der Waals surface area contributed by atoms with Crippen LogP contribution in [0.15, 0.2) is 52.7 Å². The molecule has 2 aromatic heterocycles. The van der Waals surface area contributed by atoms with Crippen LogP contribution in [-0.4, -0.2) is 59.7 Å². The number of nitrogens with one attached hydrogen (secondary N) is 1. The molecule has 0 spiro atoms. The summed E-state index contributed by atoms with van der Waals surface area (Å²) in [7, 11) is 1.68. The summed E-state index contributed by atoms with van der Waals surface area (Å²) in [6.45, 7) is 5.53. The Balaban J connectivity index is 0.930. The molecule has 37 heavy (non-hydrogen) atoms. The molecule has 0 radical (unpaired) electrons.